The molecular weight excluding hydrogens is 1360 g/mol. The third-order valence-corrected chi connectivity index (χ3v) is 22.8. The second-order valence-corrected chi connectivity index (χ2v) is 29.1. The molecule has 0 bridgehead atoms. The number of piperidine rings is 3. The molecule has 3 aromatic heterocycles. The summed E-state index contributed by atoms with van der Waals surface area (Å²) >= 11 is 27.0. The lowest BCUT2D eigenvalue weighted by Gasteiger charge is -2.35. The highest BCUT2D eigenvalue weighted by Gasteiger charge is 2.39. The van der Waals surface area contributed by atoms with Crippen molar-refractivity contribution >= 4 is 122 Å². The van der Waals surface area contributed by atoms with Crippen LogP contribution in [0.5, 0.6) is 0 Å². The van der Waals surface area contributed by atoms with E-state index in [1.165, 1.54) is 106 Å². The quantitative estimate of drug-likeness (QED) is 0.0463. The number of halogens is 4. The third kappa shape index (κ3) is 16.9. The minimum atomic E-state index is 0.239. The monoisotopic (exact) mass is 1440 g/mol. The van der Waals surface area contributed by atoms with Crippen LogP contribution in [0, 0.1) is 17.8 Å². The zero-order chi connectivity index (χ0) is 64.0. The Morgan fingerprint density at radius 1 is 0.430 bits per heavy atom. The second-order valence-electron chi connectivity index (χ2n) is 24.5. The number of aromatic nitrogens is 3. The summed E-state index contributed by atoms with van der Waals surface area (Å²) in [6.45, 7) is 13.9. The van der Waals surface area contributed by atoms with E-state index in [4.69, 9.17) is 77.4 Å². The highest BCUT2D eigenvalue weighted by Crippen LogP contribution is 2.50. The van der Waals surface area contributed by atoms with Gasteiger partial charge in [0.15, 0.2) is 0 Å². The normalized spacial score (nSPS) is 21.7. The second kappa shape index (κ2) is 33.9. The number of hydrogen-bond donors (Lipinski definition) is 2. The Morgan fingerprint density at radius 2 is 0.839 bits per heavy atom. The van der Waals surface area contributed by atoms with Crippen molar-refractivity contribution in [2.45, 2.75) is 69.1 Å². The summed E-state index contributed by atoms with van der Waals surface area (Å²) in [5, 5.41) is 9.39. The van der Waals surface area contributed by atoms with E-state index in [1.54, 1.807) is 14.2 Å². The van der Waals surface area contributed by atoms with Crippen LogP contribution < -0.4 is 10.6 Å². The maximum atomic E-state index is 6.57. The molecule has 2 N–H and O–H groups in total. The fourth-order valence-corrected chi connectivity index (χ4v) is 17.4. The lowest BCUT2D eigenvalue weighted by atomic mass is 9.76. The van der Waals surface area contributed by atoms with Gasteiger partial charge in [-0.2, -0.15) is 0 Å². The Hall–Kier alpha value is -4.11. The molecule has 0 saturated carbocycles. The molecule has 3 aliphatic carbocycles. The molecule has 5 saturated heterocycles. The molecule has 14 rings (SSSR count). The first kappa shape index (κ1) is 68.8. The summed E-state index contributed by atoms with van der Waals surface area (Å²) in [5.74, 6) is 2.22. The fourth-order valence-electron chi connectivity index (χ4n) is 14.8. The summed E-state index contributed by atoms with van der Waals surface area (Å²) < 4.78 is 22.9. The van der Waals surface area contributed by atoms with Crippen LogP contribution in [0.25, 0.3) is 34.1 Å². The van der Waals surface area contributed by atoms with Gasteiger partial charge in [-0.25, -0.2) is 27.6 Å². The van der Waals surface area contributed by atoms with Crippen molar-refractivity contribution in [3.63, 3.8) is 0 Å². The van der Waals surface area contributed by atoms with E-state index in [0.717, 1.165) is 179 Å². The topological polar surface area (TPSA) is 134 Å². The Kier molecular flexibility index (Phi) is 25.1. The predicted octanol–water partition coefficient (Wildman–Crippen LogP) is 15.6. The van der Waals surface area contributed by atoms with E-state index in [2.05, 4.69) is 134 Å². The summed E-state index contributed by atoms with van der Waals surface area (Å²) in [6, 6.07) is 31.8. The van der Waals surface area contributed by atoms with Crippen molar-refractivity contribution in [3.05, 3.63) is 192 Å². The van der Waals surface area contributed by atoms with Gasteiger partial charge in [-0.1, -0.05) is 81.1 Å². The highest BCUT2D eigenvalue weighted by molar-refractivity contribution is 9.15. The summed E-state index contributed by atoms with van der Waals surface area (Å²) in [7, 11) is 4.61. The first-order chi connectivity index (χ1) is 45.7. The first-order valence-corrected chi connectivity index (χ1v) is 36.5. The van der Waals surface area contributed by atoms with Gasteiger partial charge in [0.05, 0.1) is 38.4 Å². The Labute approximate surface area is 584 Å². The van der Waals surface area contributed by atoms with E-state index < -0.39 is 0 Å². The molecule has 0 radical (unpaired) electrons. The lowest BCUT2D eigenvalue weighted by molar-refractivity contribution is -0.164. The van der Waals surface area contributed by atoms with E-state index in [1.807, 2.05) is 42.9 Å². The van der Waals surface area contributed by atoms with E-state index in [9.17, 15) is 0 Å². The van der Waals surface area contributed by atoms with Crippen LogP contribution in [0.1, 0.15) is 136 Å². The van der Waals surface area contributed by atoms with Crippen molar-refractivity contribution in [1.29, 1.82) is 0 Å². The molecule has 0 spiro atoms. The van der Waals surface area contributed by atoms with Crippen molar-refractivity contribution in [3.8, 4) is 0 Å². The molecule has 5 fully saturated rings. The number of rotatable bonds is 14. The van der Waals surface area contributed by atoms with Gasteiger partial charge < -0.3 is 20.4 Å². The van der Waals surface area contributed by atoms with Gasteiger partial charge in [-0.3, -0.25) is 15.0 Å². The van der Waals surface area contributed by atoms with Crippen LogP contribution >= 0.6 is 87.4 Å². The molecule has 494 valence electrons. The highest BCUT2D eigenvalue weighted by atomic mass is 79.9. The average Bonchev–Trinajstić information content (AvgIpc) is 1.71. The number of nitrogens with one attached hydrogen (secondary N) is 2. The Balaban J connectivity index is 0.000000135. The first-order valence-electron chi connectivity index (χ1n) is 32.5. The largest absolute Gasteiger partial charge is 0.370 e. The SMILES string of the molecule is COOSN1CCC(C2c3ccc(Cl)cc3C(N3CCCNCC3)=Cc3cccnc32)CC1.COOSN1CCC(C2c3ccc(Cl)cc3C=C(Br)c3cccnc32)CC1.COOSN1CCC(C2c3ccc(Cl)cc3C=C(N3CCCNCC3)c3cccnc32)CC1. The van der Waals surface area contributed by atoms with Crippen LogP contribution in [-0.2, 0) is 27.7 Å². The van der Waals surface area contributed by atoms with Crippen LogP contribution in [-0.4, -0.2) is 151 Å². The number of pyridine rings is 3. The fraction of sp³-hybridized carbons (Fsp3) is 0.443. The molecular formula is C70H82BrCl3N10O6S3. The molecule has 3 unspecified atom stereocenters. The number of nitrogens with zero attached hydrogens (tertiary/aromatic N) is 8. The molecule has 93 heavy (non-hydrogen) atoms. The van der Waals surface area contributed by atoms with Crippen molar-refractivity contribution in [2.24, 2.45) is 17.8 Å². The van der Waals surface area contributed by atoms with Crippen LogP contribution in [0.4, 0.5) is 0 Å². The summed E-state index contributed by atoms with van der Waals surface area (Å²) in [6.07, 6.45) is 21.4. The minimum Gasteiger partial charge on any atom is -0.370 e. The van der Waals surface area contributed by atoms with Gasteiger partial charge in [0.1, 0.15) is 36.7 Å². The Bertz CT molecular complexity index is 3530. The maximum absolute atomic E-state index is 6.57. The van der Waals surface area contributed by atoms with E-state index >= 15 is 0 Å². The lowest BCUT2D eigenvalue weighted by Crippen LogP contribution is -2.32. The van der Waals surface area contributed by atoms with E-state index in [0.29, 0.717) is 17.8 Å². The maximum Gasteiger partial charge on any atom is 0.121 e. The molecule has 0 amide bonds. The predicted molar refractivity (Wildman–Crippen MR) is 383 cm³/mol. The van der Waals surface area contributed by atoms with Crippen molar-refractivity contribution in [1.82, 2.24) is 48.3 Å². The standard InChI is InChI=1S/2C25H31ClN4O2S.C20H20BrClN2O2S/c1-31-32-33-30-13-7-18(8-14-30)24-21-6-5-20(26)16-19(21)17-23(22-4-2-10-28-25(22)24)29-12-3-9-27-11-15-29;1-31-32-33-30-13-7-18(8-14-30)24-21-6-5-20(26)17-22(21)23(29-12-3-9-27-11-15-29)16-19-4-2-10-28-25(19)24;1-25-26-27-24-9-6-13(7-10-24)19-16-5-4-15(22)11-14(16)12-18(21)17-3-2-8-23-20(17)19/h2*2,4-6,10,16-18,24,27H,3,7-9,11-15H2,1H3;2-5,8,11-13,19H,6-7,9-10H2,1H3. The van der Waals surface area contributed by atoms with Crippen LogP contribution in [0.15, 0.2) is 110 Å². The van der Waals surface area contributed by atoms with Gasteiger partial charge in [0.2, 0.25) is 0 Å². The third-order valence-electron chi connectivity index (χ3n) is 19.1. The summed E-state index contributed by atoms with van der Waals surface area (Å²) in [4.78, 5) is 34.1. The van der Waals surface area contributed by atoms with Crippen molar-refractivity contribution < 1.29 is 27.7 Å². The van der Waals surface area contributed by atoms with Gasteiger partial charge in [0, 0.05) is 163 Å². The average molecular weight is 1440 g/mol. The molecule has 5 aliphatic heterocycles. The molecule has 23 heteroatoms. The number of benzene rings is 3. The van der Waals surface area contributed by atoms with Gasteiger partial charge >= 0.3 is 0 Å². The Morgan fingerprint density at radius 3 is 1.34 bits per heavy atom. The van der Waals surface area contributed by atoms with E-state index in [-0.39, 0.29) is 17.8 Å². The zero-order valence-corrected chi connectivity index (χ0v) is 59.2. The molecule has 3 atom stereocenters. The smallest absolute Gasteiger partial charge is 0.121 e. The summed E-state index contributed by atoms with van der Waals surface area (Å²) in [5.41, 5.74) is 17.3. The molecule has 6 aromatic rings. The van der Waals surface area contributed by atoms with Crippen LogP contribution in [0.3, 0.4) is 0 Å². The van der Waals surface area contributed by atoms with Crippen LogP contribution in [0.2, 0.25) is 15.1 Å². The van der Waals surface area contributed by atoms with Crippen molar-refractivity contribution in [2.75, 3.05) is 113 Å². The zero-order valence-electron chi connectivity index (χ0n) is 52.9. The molecule has 8 heterocycles. The molecule has 3 aromatic carbocycles. The molecule has 8 aliphatic rings. The van der Waals surface area contributed by atoms with Gasteiger partial charge in [0.25, 0.3) is 0 Å². The molecule has 16 nitrogen and oxygen atoms in total. The minimum absolute atomic E-state index is 0.239. The van der Waals surface area contributed by atoms with Gasteiger partial charge in [-0.15, -0.1) is 13.0 Å². The number of fused-ring (bicyclic) bond motifs is 6. The van der Waals surface area contributed by atoms with Gasteiger partial charge in [-0.05, 0) is 194 Å². The number of hydrogen-bond acceptors (Lipinski definition) is 19.